The number of aromatic nitrogens is 5. The van der Waals surface area contributed by atoms with Gasteiger partial charge in [-0.3, -0.25) is 0 Å². The number of hydrogen-bond donors (Lipinski definition) is 1. The van der Waals surface area contributed by atoms with Gasteiger partial charge in [0.2, 0.25) is 5.88 Å². The van der Waals surface area contributed by atoms with Gasteiger partial charge in [0.15, 0.2) is 0 Å². The van der Waals surface area contributed by atoms with Gasteiger partial charge in [-0.25, -0.2) is 19.9 Å². The van der Waals surface area contributed by atoms with Crippen LogP contribution in [0.25, 0.3) is 33.2 Å². The van der Waals surface area contributed by atoms with E-state index in [-0.39, 0.29) is 6.10 Å². The summed E-state index contributed by atoms with van der Waals surface area (Å²) in [4.78, 5) is 23.1. The van der Waals surface area contributed by atoms with E-state index in [0.29, 0.717) is 5.88 Å². The van der Waals surface area contributed by atoms with Gasteiger partial charge >= 0.3 is 0 Å². The zero-order valence-electron chi connectivity index (χ0n) is 15.1. The van der Waals surface area contributed by atoms with Crippen molar-refractivity contribution in [3.8, 4) is 17.0 Å². The molecule has 0 saturated carbocycles. The van der Waals surface area contributed by atoms with Crippen LogP contribution in [-0.4, -0.2) is 56.1 Å². The molecule has 0 aliphatic carbocycles. The Morgan fingerprint density at radius 1 is 1.11 bits per heavy atom. The minimum atomic E-state index is 0.210. The molecular formula is C20H20N6O. The summed E-state index contributed by atoms with van der Waals surface area (Å²) in [7, 11) is 2.14. The predicted octanol–water partition coefficient (Wildman–Crippen LogP) is 3.04. The zero-order chi connectivity index (χ0) is 18.2. The summed E-state index contributed by atoms with van der Waals surface area (Å²) >= 11 is 0. The average Bonchev–Trinajstić information content (AvgIpc) is 3.13. The molecule has 0 radical (unpaired) electrons. The van der Waals surface area contributed by atoms with Gasteiger partial charge in [0.1, 0.15) is 18.1 Å². The second-order valence-electron chi connectivity index (χ2n) is 7.02. The molecule has 1 saturated heterocycles. The Morgan fingerprint density at radius 2 is 2.00 bits per heavy atom. The average molecular weight is 360 g/mol. The maximum Gasteiger partial charge on any atom is 0.233 e. The van der Waals surface area contributed by atoms with Crippen LogP contribution in [0.5, 0.6) is 5.88 Å². The first kappa shape index (κ1) is 16.1. The van der Waals surface area contributed by atoms with Gasteiger partial charge in [-0.05, 0) is 37.6 Å². The van der Waals surface area contributed by atoms with E-state index in [0.717, 1.165) is 59.1 Å². The van der Waals surface area contributed by atoms with Crippen LogP contribution < -0.4 is 4.74 Å². The molecule has 136 valence electrons. The first-order chi connectivity index (χ1) is 13.3. The molecule has 1 fully saturated rings. The van der Waals surface area contributed by atoms with Crippen molar-refractivity contribution in [3.63, 3.8) is 0 Å². The van der Waals surface area contributed by atoms with E-state index in [2.05, 4.69) is 31.9 Å². The van der Waals surface area contributed by atoms with Gasteiger partial charge in [-0.2, -0.15) is 0 Å². The van der Waals surface area contributed by atoms with Gasteiger partial charge in [0.05, 0.1) is 17.2 Å². The normalized spacial score (nSPS) is 16.2. The number of hydrogen-bond acceptors (Lipinski definition) is 6. The van der Waals surface area contributed by atoms with Crippen LogP contribution in [0.4, 0.5) is 0 Å². The first-order valence-corrected chi connectivity index (χ1v) is 9.16. The number of nitrogens with zero attached hydrogens (tertiary/aromatic N) is 5. The SMILES string of the molecule is CN1CCC(Oc2cnc3ccc(-c4c[nH]c5ncncc45)cc3n2)CC1. The van der Waals surface area contributed by atoms with Crippen LogP contribution in [0.3, 0.4) is 0 Å². The zero-order valence-corrected chi connectivity index (χ0v) is 15.1. The van der Waals surface area contributed by atoms with E-state index in [9.17, 15) is 0 Å². The number of ether oxygens (including phenoxy) is 1. The lowest BCUT2D eigenvalue weighted by molar-refractivity contribution is 0.110. The van der Waals surface area contributed by atoms with Crippen molar-refractivity contribution >= 4 is 22.1 Å². The van der Waals surface area contributed by atoms with E-state index in [4.69, 9.17) is 9.72 Å². The minimum absolute atomic E-state index is 0.210. The van der Waals surface area contributed by atoms with Crippen molar-refractivity contribution in [1.82, 2.24) is 29.8 Å². The maximum atomic E-state index is 6.09. The third kappa shape index (κ3) is 3.10. The van der Waals surface area contributed by atoms with E-state index in [1.54, 1.807) is 12.5 Å². The van der Waals surface area contributed by atoms with E-state index >= 15 is 0 Å². The summed E-state index contributed by atoms with van der Waals surface area (Å²) in [5.41, 5.74) is 4.60. The minimum Gasteiger partial charge on any atom is -0.473 e. The lowest BCUT2D eigenvalue weighted by Crippen LogP contribution is -2.35. The second-order valence-corrected chi connectivity index (χ2v) is 7.02. The molecule has 1 N–H and O–H groups in total. The fourth-order valence-electron chi connectivity index (χ4n) is 3.59. The standard InChI is InChI=1S/C20H20N6O/c1-26-6-4-14(5-7-26)27-19-11-22-17-3-2-13(8-18(17)25-19)15-10-23-20-16(15)9-21-12-24-20/h2-3,8-12,14H,4-7H2,1H3,(H,21,23,24). The monoisotopic (exact) mass is 360 g/mol. The summed E-state index contributed by atoms with van der Waals surface area (Å²) in [5.74, 6) is 0.594. The smallest absolute Gasteiger partial charge is 0.233 e. The van der Waals surface area contributed by atoms with Crippen molar-refractivity contribution in [2.45, 2.75) is 18.9 Å². The second kappa shape index (κ2) is 6.59. The van der Waals surface area contributed by atoms with Crippen molar-refractivity contribution in [2.24, 2.45) is 0 Å². The Morgan fingerprint density at radius 3 is 2.89 bits per heavy atom. The Bertz CT molecular complexity index is 1100. The predicted molar refractivity (Wildman–Crippen MR) is 104 cm³/mol. The number of aromatic amines is 1. The molecule has 0 bridgehead atoms. The summed E-state index contributed by atoms with van der Waals surface area (Å²) in [6.45, 7) is 2.11. The number of nitrogens with one attached hydrogen (secondary N) is 1. The number of rotatable bonds is 3. The largest absolute Gasteiger partial charge is 0.473 e. The molecule has 0 atom stereocenters. The first-order valence-electron chi connectivity index (χ1n) is 9.16. The van der Waals surface area contributed by atoms with Crippen LogP contribution in [0.1, 0.15) is 12.8 Å². The Labute approximate surface area is 156 Å². The highest BCUT2D eigenvalue weighted by Gasteiger charge is 2.19. The molecule has 1 aliphatic rings. The number of benzene rings is 1. The maximum absolute atomic E-state index is 6.09. The number of H-pyrrole nitrogens is 1. The van der Waals surface area contributed by atoms with Crippen molar-refractivity contribution < 1.29 is 4.74 Å². The molecule has 5 rings (SSSR count). The summed E-state index contributed by atoms with van der Waals surface area (Å²) in [5, 5.41) is 0.989. The third-order valence-electron chi connectivity index (χ3n) is 5.14. The fraction of sp³-hybridized carbons (Fsp3) is 0.300. The Balaban J connectivity index is 1.47. The Hall–Kier alpha value is -3.06. The van der Waals surface area contributed by atoms with Crippen molar-refractivity contribution in [3.05, 3.63) is 43.1 Å². The molecule has 0 unspecified atom stereocenters. The fourth-order valence-corrected chi connectivity index (χ4v) is 3.59. The molecule has 27 heavy (non-hydrogen) atoms. The Kier molecular flexibility index (Phi) is 3.94. The molecule has 1 aromatic carbocycles. The molecule has 1 aliphatic heterocycles. The molecule has 3 aromatic heterocycles. The van der Waals surface area contributed by atoms with Crippen LogP contribution in [-0.2, 0) is 0 Å². The van der Waals surface area contributed by atoms with E-state index in [1.807, 2.05) is 30.6 Å². The van der Waals surface area contributed by atoms with Crippen LogP contribution >= 0.6 is 0 Å². The molecule has 0 spiro atoms. The molecular weight excluding hydrogens is 340 g/mol. The van der Waals surface area contributed by atoms with Crippen molar-refractivity contribution in [1.29, 1.82) is 0 Å². The van der Waals surface area contributed by atoms with Gasteiger partial charge in [0, 0.05) is 36.4 Å². The summed E-state index contributed by atoms with van der Waals surface area (Å²) < 4.78 is 6.09. The summed E-state index contributed by atoms with van der Waals surface area (Å²) in [6.07, 6.45) is 9.29. The van der Waals surface area contributed by atoms with Gasteiger partial charge in [-0.15, -0.1) is 0 Å². The van der Waals surface area contributed by atoms with Crippen LogP contribution in [0.2, 0.25) is 0 Å². The molecule has 7 heteroatoms. The highest BCUT2D eigenvalue weighted by Crippen LogP contribution is 2.29. The van der Waals surface area contributed by atoms with Gasteiger partial charge < -0.3 is 14.6 Å². The molecule has 7 nitrogen and oxygen atoms in total. The van der Waals surface area contributed by atoms with Crippen LogP contribution in [0.15, 0.2) is 43.1 Å². The molecule has 0 amide bonds. The highest BCUT2D eigenvalue weighted by molar-refractivity contribution is 5.95. The quantitative estimate of drug-likeness (QED) is 0.605. The van der Waals surface area contributed by atoms with Crippen LogP contribution in [0, 0.1) is 0 Å². The summed E-state index contributed by atoms with van der Waals surface area (Å²) in [6, 6.07) is 6.07. The van der Waals surface area contributed by atoms with E-state index < -0.39 is 0 Å². The van der Waals surface area contributed by atoms with Gasteiger partial charge in [-0.1, -0.05) is 6.07 Å². The lowest BCUT2D eigenvalue weighted by Gasteiger charge is -2.28. The van der Waals surface area contributed by atoms with E-state index in [1.165, 1.54) is 0 Å². The number of fused-ring (bicyclic) bond motifs is 2. The topological polar surface area (TPSA) is 79.8 Å². The number of piperidine rings is 1. The lowest BCUT2D eigenvalue weighted by atomic mass is 10.1. The van der Waals surface area contributed by atoms with Crippen molar-refractivity contribution in [2.75, 3.05) is 20.1 Å². The highest BCUT2D eigenvalue weighted by atomic mass is 16.5. The van der Waals surface area contributed by atoms with Gasteiger partial charge in [0.25, 0.3) is 0 Å². The third-order valence-corrected chi connectivity index (χ3v) is 5.14. The molecule has 4 aromatic rings. The molecule has 4 heterocycles. The number of likely N-dealkylation sites (tertiary alicyclic amines) is 1.